The second-order valence-corrected chi connectivity index (χ2v) is 1.97. The van der Waals surface area contributed by atoms with E-state index in [4.69, 9.17) is 22.7 Å². The molecule has 0 aromatic carbocycles. The third kappa shape index (κ3) is 1.22. The van der Waals surface area contributed by atoms with E-state index in [1.165, 1.54) is 6.20 Å². The lowest BCUT2D eigenvalue weighted by molar-refractivity contribution is 1.19. The van der Waals surface area contributed by atoms with E-state index in [2.05, 4.69) is 9.97 Å². The Morgan fingerprint density at radius 1 is 1.70 bits per heavy atom. The summed E-state index contributed by atoms with van der Waals surface area (Å²) in [5.41, 5.74) is 5.58. The summed E-state index contributed by atoms with van der Waals surface area (Å²) < 4.78 is 0. The van der Waals surface area contributed by atoms with Crippen LogP contribution >= 0.6 is 11.6 Å². The second-order valence-electron chi connectivity index (χ2n) is 1.62. The fourth-order valence-electron chi connectivity index (χ4n) is 0.485. The molecule has 0 aliphatic carbocycles. The van der Waals surface area contributed by atoms with Crippen molar-refractivity contribution < 1.29 is 0 Å². The lowest BCUT2D eigenvalue weighted by Crippen LogP contribution is -1.96. The van der Waals surface area contributed by atoms with E-state index in [-0.39, 0.29) is 11.0 Å². The smallest absolute Gasteiger partial charge is 0.158 e. The number of hydrogen-bond acceptors (Lipinski definition) is 4. The van der Waals surface area contributed by atoms with Gasteiger partial charge in [0.05, 0.1) is 6.20 Å². The van der Waals surface area contributed by atoms with E-state index in [1.807, 2.05) is 0 Å². The summed E-state index contributed by atoms with van der Waals surface area (Å²) in [5, 5.41) is 6.96. The van der Waals surface area contributed by atoms with E-state index >= 15 is 0 Å². The lowest BCUT2D eigenvalue weighted by Gasteiger charge is -1.94. The number of nitrogens with zero attached hydrogens (tertiary/aromatic N) is 2. The molecule has 3 N–H and O–H groups in total. The third-order valence-corrected chi connectivity index (χ3v) is 1.19. The molecular formula is C5H5ClN4. The Hall–Kier alpha value is -1.16. The Morgan fingerprint density at radius 2 is 2.40 bits per heavy atom. The number of nitrogens with two attached hydrogens (primary N) is 1. The van der Waals surface area contributed by atoms with Gasteiger partial charge in [0, 0.05) is 6.21 Å². The minimum atomic E-state index is 0.162. The van der Waals surface area contributed by atoms with Crippen molar-refractivity contribution in [3.63, 3.8) is 0 Å². The quantitative estimate of drug-likeness (QED) is 0.588. The zero-order chi connectivity index (χ0) is 7.56. The van der Waals surface area contributed by atoms with Gasteiger partial charge in [-0.15, -0.1) is 0 Å². The molecule has 0 spiro atoms. The maximum absolute atomic E-state index is 6.80. The van der Waals surface area contributed by atoms with E-state index < -0.39 is 0 Å². The van der Waals surface area contributed by atoms with Gasteiger partial charge in [-0.3, -0.25) is 0 Å². The highest BCUT2D eigenvalue weighted by atomic mass is 35.5. The maximum atomic E-state index is 6.80. The zero-order valence-corrected chi connectivity index (χ0v) is 5.76. The molecule has 4 nitrogen and oxygen atoms in total. The summed E-state index contributed by atoms with van der Waals surface area (Å²) in [4.78, 5) is 7.41. The fourth-order valence-corrected chi connectivity index (χ4v) is 0.686. The Kier molecular flexibility index (Phi) is 1.82. The van der Waals surface area contributed by atoms with Crippen LogP contribution < -0.4 is 5.73 Å². The number of anilines is 1. The minimum absolute atomic E-state index is 0.162. The van der Waals surface area contributed by atoms with Gasteiger partial charge in [0.15, 0.2) is 5.15 Å². The first-order chi connectivity index (χ1) is 4.74. The second kappa shape index (κ2) is 2.62. The third-order valence-electron chi connectivity index (χ3n) is 0.911. The topological polar surface area (TPSA) is 75.7 Å². The molecular weight excluding hydrogens is 152 g/mol. The first kappa shape index (κ1) is 6.95. The summed E-state index contributed by atoms with van der Waals surface area (Å²) in [6.45, 7) is 0. The molecule has 0 atom stereocenters. The van der Waals surface area contributed by atoms with Gasteiger partial charge in [-0.1, -0.05) is 11.6 Å². The van der Waals surface area contributed by atoms with E-state index in [1.54, 1.807) is 0 Å². The van der Waals surface area contributed by atoms with Crippen LogP contribution in [0.1, 0.15) is 5.69 Å². The average molecular weight is 157 g/mol. The van der Waals surface area contributed by atoms with Crippen molar-refractivity contribution in [3.8, 4) is 0 Å². The molecule has 0 saturated heterocycles. The van der Waals surface area contributed by atoms with E-state index in [0.29, 0.717) is 5.69 Å². The summed E-state index contributed by atoms with van der Waals surface area (Å²) in [6.07, 6.45) is 2.38. The number of hydrogen-bond donors (Lipinski definition) is 2. The van der Waals surface area contributed by atoms with Crippen LogP contribution in [0.2, 0.25) is 5.15 Å². The standard InChI is InChI=1S/C5H5ClN4/c6-5-3(1-7)9-2-4(8)10-5/h1-2,7H,(H2,8,10). The number of nitrogen functional groups attached to an aromatic ring is 1. The molecule has 0 fully saturated rings. The van der Waals surface area contributed by atoms with Crippen molar-refractivity contribution in [1.82, 2.24) is 9.97 Å². The monoisotopic (exact) mass is 156 g/mol. The van der Waals surface area contributed by atoms with Gasteiger partial charge in [0.1, 0.15) is 11.5 Å². The van der Waals surface area contributed by atoms with Gasteiger partial charge in [-0.05, 0) is 0 Å². The molecule has 0 amide bonds. The van der Waals surface area contributed by atoms with E-state index in [9.17, 15) is 0 Å². The van der Waals surface area contributed by atoms with Crippen LogP contribution in [0.4, 0.5) is 5.82 Å². The predicted molar refractivity (Wildman–Crippen MR) is 39.3 cm³/mol. The molecule has 10 heavy (non-hydrogen) atoms. The van der Waals surface area contributed by atoms with Crippen LogP contribution in [-0.4, -0.2) is 16.2 Å². The number of halogens is 1. The van der Waals surface area contributed by atoms with Gasteiger partial charge in [-0.2, -0.15) is 0 Å². The van der Waals surface area contributed by atoms with Gasteiger partial charge < -0.3 is 11.1 Å². The van der Waals surface area contributed by atoms with Crippen LogP contribution in [-0.2, 0) is 0 Å². The van der Waals surface area contributed by atoms with Gasteiger partial charge in [-0.25, -0.2) is 9.97 Å². The van der Waals surface area contributed by atoms with Crippen molar-refractivity contribution in [2.75, 3.05) is 5.73 Å². The predicted octanol–water partition coefficient (Wildman–Crippen LogP) is 0.710. The van der Waals surface area contributed by atoms with Crippen molar-refractivity contribution in [3.05, 3.63) is 17.0 Å². The number of rotatable bonds is 1. The lowest BCUT2D eigenvalue weighted by atomic mass is 10.5. The molecule has 1 rings (SSSR count). The first-order valence-corrected chi connectivity index (χ1v) is 2.90. The largest absolute Gasteiger partial charge is 0.382 e. The molecule has 0 unspecified atom stereocenters. The maximum Gasteiger partial charge on any atom is 0.158 e. The van der Waals surface area contributed by atoms with Crippen LogP contribution in [0.25, 0.3) is 0 Å². The molecule has 0 aliphatic heterocycles. The van der Waals surface area contributed by atoms with Crippen molar-refractivity contribution in [2.45, 2.75) is 0 Å². The van der Waals surface area contributed by atoms with Crippen molar-refractivity contribution in [1.29, 1.82) is 5.41 Å². The zero-order valence-electron chi connectivity index (χ0n) is 5.00. The van der Waals surface area contributed by atoms with Gasteiger partial charge in [0.2, 0.25) is 0 Å². The minimum Gasteiger partial charge on any atom is -0.382 e. The summed E-state index contributed by atoms with van der Waals surface area (Å²) >= 11 is 5.52. The van der Waals surface area contributed by atoms with Crippen LogP contribution in [0.15, 0.2) is 6.20 Å². The molecule has 0 bridgehead atoms. The Morgan fingerprint density at radius 3 is 2.90 bits per heavy atom. The summed E-state index contributed by atoms with van der Waals surface area (Å²) in [6, 6.07) is 0. The molecule has 1 heterocycles. The summed E-state index contributed by atoms with van der Waals surface area (Å²) in [5.74, 6) is 0.260. The normalized spacial score (nSPS) is 9.30. The van der Waals surface area contributed by atoms with Crippen LogP contribution in [0.5, 0.6) is 0 Å². The van der Waals surface area contributed by atoms with Gasteiger partial charge >= 0.3 is 0 Å². The molecule has 52 valence electrons. The number of nitrogens with one attached hydrogen (secondary N) is 1. The molecule has 1 aromatic heterocycles. The van der Waals surface area contributed by atoms with Crippen molar-refractivity contribution in [2.24, 2.45) is 0 Å². The molecule has 0 aliphatic rings. The highest BCUT2D eigenvalue weighted by Gasteiger charge is 1.98. The summed E-state index contributed by atoms with van der Waals surface area (Å²) in [7, 11) is 0. The van der Waals surface area contributed by atoms with E-state index in [0.717, 1.165) is 6.21 Å². The Bertz CT molecular complexity index is 260. The molecule has 1 aromatic rings. The van der Waals surface area contributed by atoms with Gasteiger partial charge in [0.25, 0.3) is 0 Å². The Labute approximate surface area is 62.6 Å². The van der Waals surface area contributed by atoms with Crippen LogP contribution in [0, 0.1) is 5.41 Å². The molecule has 0 saturated carbocycles. The highest BCUT2D eigenvalue weighted by Crippen LogP contribution is 2.08. The SMILES string of the molecule is N=Cc1ncc(N)nc1Cl. The first-order valence-electron chi connectivity index (χ1n) is 2.52. The molecule has 5 heteroatoms. The van der Waals surface area contributed by atoms with Crippen molar-refractivity contribution >= 4 is 23.6 Å². The molecule has 0 radical (unpaired) electrons. The Balaban J connectivity index is 3.19. The highest BCUT2D eigenvalue weighted by molar-refractivity contribution is 6.31. The fraction of sp³-hybridized carbons (Fsp3) is 0. The average Bonchev–Trinajstić information content (AvgIpc) is 1.88. The number of aromatic nitrogens is 2. The van der Waals surface area contributed by atoms with Crippen LogP contribution in [0.3, 0.4) is 0 Å².